The standard InChI is InChI=1S/C22H32N2O2/c1-15(2)24-13-19-18(20(19)14-24)12-23-21(25)22(26,17-10-6-7-11-17)16-8-4-3-5-9-16/h3-5,8-9,15,17-20,26H,6-7,10-14H2,1-2H3,(H,23,25)/t18?,19-,20?,22-/m1/s1. The molecule has 1 heterocycles. The molecule has 0 spiro atoms. The van der Waals surface area contributed by atoms with E-state index in [1.54, 1.807) is 0 Å². The van der Waals surface area contributed by atoms with Gasteiger partial charge in [-0.1, -0.05) is 43.2 Å². The molecule has 0 aromatic heterocycles. The second-order valence-electron chi connectivity index (χ2n) is 8.86. The van der Waals surface area contributed by atoms with E-state index in [0.29, 0.717) is 18.5 Å². The molecule has 0 bridgehead atoms. The molecule has 3 fully saturated rings. The predicted molar refractivity (Wildman–Crippen MR) is 102 cm³/mol. The largest absolute Gasteiger partial charge is 0.375 e. The lowest BCUT2D eigenvalue weighted by Crippen LogP contribution is -2.49. The van der Waals surface area contributed by atoms with Gasteiger partial charge in [0.2, 0.25) is 0 Å². The maximum absolute atomic E-state index is 13.1. The topological polar surface area (TPSA) is 52.6 Å². The number of fused-ring (bicyclic) bond motifs is 1. The molecule has 4 rings (SSSR count). The van der Waals surface area contributed by atoms with Gasteiger partial charge in [0.25, 0.3) is 5.91 Å². The molecule has 142 valence electrons. The Hall–Kier alpha value is -1.39. The lowest BCUT2D eigenvalue weighted by Gasteiger charge is -2.33. The van der Waals surface area contributed by atoms with Gasteiger partial charge in [0.15, 0.2) is 5.60 Å². The van der Waals surface area contributed by atoms with Crippen molar-refractivity contribution in [3.8, 4) is 0 Å². The van der Waals surface area contributed by atoms with E-state index in [9.17, 15) is 9.90 Å². The minimum Gasteiger partial charge on any atom is -0.375 e. The minimum absolute atomic E-state index is 0.0278. The number of nitrogens with zero attached hydrogens (tertiary/aromatic N) is 1. The molecule has 2 saturated carbocycles. The van der Waals surface area contributed by atoms with Gasteiger partial charge in [-0.2, -0.15) is 0 Å². The van der Waals surface area contributed by atoms with E-state index in [1.807, 2.05) is 30.3 Å². The zero-order valence-corrected chi connectivity index (χ0v) is 16.0. The number of piperidine rings is 1. The Balaban J connectivity index is 1.40. The third-order valence-electron chi connectivity index (χ3n) is 7.13. The number of rotatable bonds is 6. The van der Waals surface area contributed by atoms with Crippen LogP contribution < -0.4 is 5.32 Å². The highest BCUT2D eigenvalue weighted by atomic mass is 16.3. The zero-order valence-electron chi connectivity index (χ0n) is 16.0. The van der Waals surface area contributed by atoms with E-state index in [4.69, 9.17) is 0 Å². The van der Waals surface area contributed by atoms with E-state index in [-0.39, 0.29) is 11.8 Å². The van der Waals surface area contributed by atoms with Crippen LogP contribution in [-0.2, 0) is 10.4 Å². The van der Waals surface area contributed by atoms with Crippen LogP contribution in [0.4, 0.5) is 0 Å². The molecular weight excluding hydrogens is 324 g/mol. The number of carbonyl (C=O) groups excluding carboxylic acids is 1. The third kappa shape index (κ3) is 3.07. The number of hydrogen-bond donors (Lipinski definition) is 2. The van der Waals surface area contributed by atoms with Gasteiger partial charge >= 0.3 is 0 Å². The van der Waals surface area contributed by atoms with Gasteiger partial charge in [0.1, 0.15) is 0 Å². The average Bonchev–Trinajstić information content (AvgIpc) is 3.09. The molecule has 1 amide bonds. The van der Waals surface area contributed by atoms with E-state index >= 15 is 0 Å². The molecule has 2 unspecified atom stereocenters. The molecule has 26 heavy (non-hydrogen) atoms. The molecule has 1 aliphatic heterocycles. The number of benzene rings is 1. The van der Waals surface area contributed by atoms with Crippen molar-refractivity contribution in [3.05, 3.63) is 35.9 Å². The van der Waals surface area contributed by atoms with Crippen molar-refractivity contribution in [2.75, 3.05) is 19.6 Å². The highest BCUT2D eigenvalue weighted by Gasteiger charge is 2.56. The van der Waals surface area contributed by atoms with Gasteiger partial charge in [-0.15, -0.1) is 0 Å². The maximum atomic E-state index is 13.1. The zero-order chi connectivity index (χ0) is 18.3. The number of likely N-dealkylation sites (tertiary alicyclic amines) is 1. The fourth-order valence-electron chi connectivity index (χ4n) is 5.34. The predicted octanol–water partition coefficient (Wildman–Crippen LogP) is 2.77. The monoisotopic (exact) mass is 356 g/mol. The highest BCUT2D eigenvalue weighted by Crippen LogP contribution is 2.51. The maximum Gasteiger partial charge on any atom is 0.256 e. The summed E-state index contributed by atoms with van der Waals surface area (Å²) < 4.78 is 0. The van der Waals surface area contributed by atoms with Crippen molar-refractivity contribution in [3.63, 3.8) is 0 Å². The Morgan fingerprint density at radius 1 is 1.19 bits per heavy atom. The minimum atomic E-state index is -1.38. The summed E-state index contributed by atoms with van der Waals surface area (Å²) in [7, 11) is 0. The Bertz CT molecular complexity index is 629. The first-order valence-corrected chi connectivity index (χ1v) is 10.3. The van der Waals surface area contributed by atoms with E-state index in [2.05, 4.69) is 24.1 Å². The summed E-state index contributed by atoms with van der Waals surface area (Å²) in [5, 5.41) is 14.6. The quantitative estimate of drug-likeness (QED) is 0.824. The molecule has 2 aliphatic carbocycles. The third-order valence-corrected chi connectivity index (χ3v) is 7.13. The summed E-state index contributed by atoms with van der Waals surface area (Å²) >= 11 is 0. The Labute approximate surface area is 157 Å². The first-order valence-electron chi connectivity index (χ1n) is 10.3. The molecule has 4 atom stereocenters. The molecule has 1 saturated heterocycles. The smallest absolute Gasteiger partial charge is 0.256 e. The van der Waals surface area contributed by atoms with E-state index < -0.39 is 5.60 Å². The molecule has 0 radical (unpaired) electrons. The number of nitrogens with one attached hydrogen (secondary N) is 1. The van der Waals surface area contributed by atoms with Crippen LogP contribution in [0.1, 0.15) is 45.1 Å². The molecule has 1 aromatic carbocycles. The van der Waals surface area contributed by atoms with Crippen LogP contribution >= 0.6 is 0 Å². The van der Waals surface area contributed by atoms with Gasteiger partial charge in [-0.25, -0.2) is 0 Å². The van der Waals surface area contributed by atoms with Crippen molar-refractivity contribution in [2.45, 2.75) is 51.2 Å². The lowest BCUT2D eigenvalue weighted by atomic mass is 9.79. The van der Waals surface area contributed by atoms with Crippen LogP contribution in [0.2, 0.25) is 0 Å². The van der Waals surface area contributed by atoms with Gasteiger partial charge < -0.3 is 15.3 Å². The summed E-state index contributed by atoms with van der Waals surface area (Å²) in [5.74, 6) is 1.89. The summed E-state index contributed by atoms with van der Waals surface area (Å²) in [5.41, 5.74) is -0.641. The normalized spacial score (nSPS) is 31.0. The van der Waals surface area contributed by atoms with Crippen LogP contribution in [0, 0.1) is 23.7 Å². The Morgan fingerprint density at radius 3 is 2.38 bits per heavy atom. The number of hydrogen-bond acceptors (Lipinski definition) is 3. The summed E-state index contributed by atoms with van der Waals surface area (Å²) in [6.45, 7) is 7.54. The number of aliphatic hydroxyl groups is 1. The van der Waals surface area contributed by atoms with Crippen molar-refractivity contribution in [1.82, 2.24) is 10.2 Å². The Morgan fingerprint density at radius 2 is 1.81 bits per heavy atom. The van der Waals surface area contributed by atoms with Gasteiger partial charge in [-0.3, -0.25) is 4.79 Å². The molecule has 3 aliphatic rings. The second-order valence-corrected chi connectivity index (χ2v) is 8.86. The van der Waals surface area contributed by atoms with E-state index in [0.717, 1.165) is 56.2 Å². The summed E-state index contributed by atoms with van der Waals surface area (Å²) in [6.07, 6.45) is 4.06. The van der Waals surface area contributed by atoms with Crippen LogP contribution in [0.5, 0.6) is 0 Å². The van der Waals surface area contributed by atoms with Crippen LogP contribution in [0.3, 0.4) is 0 Å². The molecule has 4 nitrogen and oxygen atoms in total. The van der Waals surface area contributed by atoms with E-state index in [1.165, 1.54) is 0 Å². The Kier molecular flexibility index (Phi) is 4.83. The molecule has 1 aromatic rings. The van der Waals surface area contributed by atoms with Crippen molar-refractivity contribution in [2.24, 2.45) is 23.7 Å². The van der Waals surface area contributed by atoms with Crippen molar-refractivity contribution < 1.29 is 9.90 Å². The fourth-order valence-corrected chi connectivity index (χ4v) is 5.34. The van der Waals surface area contributed by atoms with Crippen LogP contribution in [0.25, 0.3) is 0 Å². The van der Waals surface area contributed by atoms with Crippen molar-refractivity contribution in [1.29, 1.82) is 0 Å². The van der Waals surface area contributed by atoms with Gasteiger partial charge in [-0.05, 0) is 50.0 Å². The second kappa shape index (κ2) is 6.97. The van der Waals surface area contributed by atoms with Crippen LogP contribution in [-0.4, -0.2) is 41.6 Å². The van der Waals surface area contributed by atoms with Crippen molar-refractivity contribution >= 4 is 5.91 Å². The SMILES string of the molecule is CC(C)N1CC2C(CNC(=O)[C@@](O)(c3ccccc3)C3CCCC3)[C@H]2C1. The first-order chi connectivity index (χ1) is 12.5. The first kappa shape index (κ1) is 18.0. The fraction of sp³-hybridized carbons (Fsp3) is 0.682. The van der Waals surface area contributed by atoms with Crippen LogP contribution in [0.15, 0.2) is 30.3 Å². The summed E-state index contributed by atoms with van der Waals surface area (Å²) in [6, 6.07) is 10.2. The number of carbonyl (C=O) groups is 1. The molecule has 4 heteroatoms. The number of amides is 1. The highest BCUT2D eigenvalue weighted by molar-refractivity contribution is 5.86. The van der Waals surface area contributed by atoms with Gasteiger partial charge in [0.05, 0.1) is 0 Å². The molecular formula is C22H32N2O2. The molecule has 2 N–H and O–H groups in total. The average molecular weight is 357 g/mol. The lowest BCUT2D eigenvalue weighted by molar-refractivity contribution is -0.147. The summed E-state index contributed by atoms with van der Waals surface area (Å²) in [4.78, 5) is 15.6. The van der Waals surface area contributed by atoms with Gasteiger partial charge in [0, 0.05) is 31.6 Å².